The van der Waals surface area contributed by atoms with Gasteiger partial charge in [-0.1, -0.05) is 48.0 Å². The Labute approximate surface area is 249 Å². The van der Waals surface area contributed by atoms with Crippen molar-refractivity contribution in [3.8, 4) is 12.1 Å². The summed E-state index contributed by atoms with van der Waals surface area (Å²) in [4.78, 5) is 8.25. The van der Waals surface area contributed by atoms with Crippen LogP contribution in [-0.4, -0.2) is 21.0 Å². The van der Waals surface area contributed by atoms with E-state index in [0.717, 1.165) is 18.4 Å². The third-order valence-corrected chi connectivity index (χ3v) is 7.48. The molecule has 2 atom stereocenters. The average Bonchev–Trinajstić information content (AvgIpc) is 3.75. The first kappa shape index (κ1) is 26.0. The minimum Gasteiger partial charge on any atom is -0.377 e. The number of hydrogen-bond acceptors (Lipinski definition) is 9. The number of nitrogens with zero attached hydrogens (tertiary/aromatic N) is 5. The Morgan fingerprint density at radius 2 is 1.93 bits per heavy atom. The Kier molecular flexibility index (Phi) is 7.38. The first-order valence-corrected chi connectivity index (χ1v) is 13.9. The van der Waals surface area contributed by atoms with E-state index in [1.807, 2.05) is 41.5 Å². The number of nitriles is 2. The maximum absolute atomic E-state index is 13.8. The molecule has 4 aromatic rings. The second-order valence-electron chi connectivity index (χ2n) is 10.1. The number of aromatic nitrogens is 2. The van der Waals surface area contributed by atoms with E-state index < -0.39 is 12.0 Å². The normalized spacial score (nSPS) is 16.8. The molecule has 0 spiro atoms. The zero-order valence-electron chi connectivity index (χ0n) is 23.4. The van der Waals surface area contributed by atoms with Crippen molar-refractivity contribution in [1.29, 1.82) is 10.5 Å². The molecule has 0 unspecified atom stereocenters. The monoisotopic (exact) mass is 580 g/mol. The molecule has 1 fully saturated rings. The smallest absolute Gasteiger partial charge is 0.212 e. The van der Waals surface area contributed by atoms with Crippen LogP contribution in [0.5, 0.6) is 0 Å². The quantitative estimate of drug-likeness (QED) is 0.161. The van der Waals surface area contributed by atoms with Crippen molar-refractivity contribution in [2.24, 2.45) is 0 Å². The molecule has 2 aromatic heterocycles. The zero-order valence-corrected chi connectivity index (χ0v) is 23.2. The van der Waals surface area contributed by atoms with Gasteiger partial charge in [-0.3, -0.25) is 9.99 Å². The van der Waals surface area contributed by atoms with Crippen LogP contribution < -0.4 is 21.6 Å². The molecule has 0 amide bonds. The fourth-order valence-electron chi connectivity index (χ4n) is 4.93. The van der Waals surface area contributed by atoms with E-state index in [0.29, 0.717) is 63.0 Å². The average molecular weight is 581 g/mol. The van der Waals surface area contributed by atoms with Crippen molar-refractivity contribution in [2.75, 3.05) is 10.6 Å². The summed E-state index contributed by atoms with van der Waals surface area (Å²) in [7, 11) is 0. The minimum absolute atomic E-state index is 0.262. The number of benzene rings is 2. The second kappa shape index (κ2) is 11.9. The molecule has 1 aliphatic heterocycles. The van der Waals surface area contributed by atoms with Gasteiger partial charge in [0.2, 0.25) is 5.95 Å². The molecule has 9 nitrogen and oxygen atoms in total. The summed E-state index contributed by atoms with van der Waals surface area (Å²) < 4.78 is 23.4. The standard InChI is InChI=1S/C31H27ClFN9/c32-25-14-22(38-30(20-8-11-28(33)36-16-20)27-18-42(41-40-27)23-9-10-23)13-24-29(21(15-35)17-37-31(24)25)39-26(7-4-12-34)19-5-2-1-3-6-19/h1-3,5-6,8,11,13-14,16-18,23,26,30,38,40-41H,4,7,9-10H2,(H,37,39)/t26-,30+/m1/s1/i30D. The topological polar surface area (TPSA) is 125 Å². The van der Waals surface area contributed by atoms with E-state index in [9.17, 15) is 16.3 Å². The van der Waals surface area contributed by atoms with E-state index in [1.165, 1.54) is 24.5 Å². The molecule has 11 heteroatoms. The molecule has 2 aliphatic rings. The summed E-state index contributed by atoms with van der Waals surface area (Å²) in [6.45, 7) is 0. The molecule has 6 rings (SSSR count). The highest BCUT2D eigenvalue weighted by atomic mass is 35.5. The maximum Gasteiger partial charge on any atom is 0.212 e. The number of hydrazine groups is 2. The lowest BCUT2D eigenvalue weighted by Gasteiger charge is -2.23. The van der Waals surface area contributed by atoms with E-state index in [2.05, 4.69) is 43.7 Å². The second-order valence-corrected chi connectivity index (χ2v) is 10.5. The zero-order chi connectivity index (χ0) is 30.0. The first-order chi connectivity index (χ1) is 20.9. The fourth-order valence-corrected chi connectivity index (χ4v) is 5.20. The van der Waals surface area contributed by atoms with Gasteiger partial charge >= 0.3 is 0 Å². The summed E-state index contributed by atoms with van der Waals surface area (Å²) >= 11 is 6.76. The van der Waals surface area contributed by atoms with Crippen LogP contribution in [0.15, 0.2) is 78.9 Å². The summed E-state index contributed by atoms with van der Waals surface area (Å²) in [6, 6.07) is 18.7. The van der Waals surface area contributed by atoms with Crippen molar-refractivity contribution in [2.45, 2.75) is 43.8 Å². The molecule has 2 aromatic carbocycles. The molecule has 0 bridgehead atoms. The molecule has 0 saturated heterocycles. The molecular weight excluding hydrogens is 553 g/mol. The van der Waals surface area contributed by atoms with Gasteiger partial charge in [-0.2, -0.15) is 14.9 Å². The molecule has 1 saturated carbocycles. The van der Waals surface area contributed by atoms with Gasteiger partial charge in [0.15, 0.2) is 0 Å². The summed E-state index contributed by atoms with van der Waals surface area (Å²) in [5.74, 6) is -0.652. The number of rotatable bonds is 10. The minimum atomic E-state index is -1.62. The molecule has 4 N–H and O–H groups in total. The van der Waals surface area contributed by atoms with Crippen molar-refractivity contribution in [3.05, 3.63) is 107 Å². The largest absolute Gasteiger partial charge is 0.377 e. The molecular formula is C31H27ClFN9. The number of nitrogens with one attached hydrogen (secondary N) is 4. The molecule has 42 heavy (non-hydrogen) atoms. The van der Waals surface area contributed by atoms with E-state index in [4.69, 9.17) is 11.6 Å². The van der Waals surface area contributed by atoms with Crippen LogP contribution in [0.25, 0.3) is 10.9 Å². The van der Waals surface area contributed by atoms with Crippen LogP contribution in [0.2, 0.25) is 5.02 Å². The third kappa shape index (κ3) is 5.77. The number of fused-ring (bicyclic) bond motifs is 1. The van der Waals surface area contributed by atoms with Gasteiger partial charge in [-0.15, -0.1) is 5.53 Å². The van der Waals surface area contributed by atoms with E-state index >= 15 is 0 Å². The SMILES string of the molecule is [2H][C@@](Nc1cc(Cl)c2ncc(C#N)c(N[C@H](CCC#N)c3ccccc3)c2c1)(C1=CN(C2CC2)NN1)c1ccc(F)nc1. The van der Waals surface area contributed by atoms with Gasteiger partial charge in [0.25, 0.3) is 0 Å². The Morgan fingerprint density at radius 1 is 1.10 bits per heavy atom. The maximum atomic E-state index is 13.8. The highest BCUT2D eigenvalue weighted by molar-refractivity contribution is 6.35. The van der Waals surface area contributed by atoms with Crippen molar-refractivity contribution >= 4 is 33.9 Å². The highest BCUT2D eigenvalue weighted by Gasteiger charge is 2.32. The molecule has 3 heterocycles. The number of pyridine rings is 2. The summed E-state index contributed by atoms with van der Waals surface area (Å²) in [6.07, 6.45) is 7.52. The first-order valence-electron chi connectivity index (χ1n) is 14.0. The molecule has 0 radical (unpaired) electrons. The lowest BCUT2D eigenvalue weighted by molar-refractivity contribution is 0.260. The van der Waals surface area contributed by atoms with Crippen LogP contribution >= 0.6 is 11.6 Å². The third-order valence-electron chi connectivity index (χ3n) is 7.19. The van der Waals surface area contributed by atoms with Gasteiger partial charge in [0, 0.05) is 42.1 Å². The van der Waals surface area contributed by atoms with Crippen molar-refractivity contribution in [1.82, 2.24) is 25.9 Å². The summed E-state index contributed by atoms with van der Waals surface area (Å²) in [5.41, 5.74) is 9.78. The Balaban J connectivity index is 1.44. The Bertz CT molecular complexity index is 1770. The van der Waals surface area contributed by atoms with Crippen molar-refractivity contribution in [3.63, 3.8) is 0 Å². The van der Waals surface area contributed by atoms with E-state index in [-0.39, 0.29) is 6.04 Å². The molecule has 1 aliphatic carbocycles. The fraction of sp³-hybridized carbons (Fsp3) is 0.226. The van der Waals surface area contributed by atoms with Gasteiger partial charge in [0.05, 0.1) is 47.0 Å². The Hall–Kier alpha value is -4.90. The van der Waals surface area contributed by atoms with Gasteiger partial charge in [-0.25, -0.2) is 4.98 Å². The van der Waals surface area contributed by atoms with Gasteiger partial charge < -0.3 is 16.1 Å². The lowest BCUT2D eigenvalue weighted by Crippen LogP contribution is -2.38. The number of hydrogen-bond donors (Lipinski definition) is 4. The highest BCUT2D eigenvalue weighted by Crippen LogP contribution is 2.38. The Morgan fingerprint density at radius 3 is 2.64 bits per heavy atom. The van der Waals surface area contributed by atoms with Crippen LogP contribution in [0, 0.1) is 28.6 Å². The van der Waals surface area contributed by atoms with Crippen molar-refractivity contribution < 1.29 is 5.76 Å². The van der Waals surface area contributed by atoms with Crippen LogP contribution in [0.4, 0.5) is 15.8 Å². The van der Waals surface area contributed by atoms with Gasteiger partial charge in [-0.05, 0) is 48.6 Å². The van der Waals surface area contributed by atoms with Crippen LogP contribution in [-0.2, 0) is 0 Å². The van der Waals surface area contributed by atoms with Gasteiger partial charge in [0.1, 0.15) is 6.07 Å². The van der Waals surface area contributed by atoms with E-state index in [1.54, 1.807) is 12.1 Å². The van der Waals surface area contributed by atoms with Crippen LogP contribution in [0.1, 0.15) is 55.8 Å². The van der Waals surface area contributed by atoms with Crippen LogP contribution in [0.3, 0.4) is 0 Å². The molecule has 210 valence electrons. The predicted octanol–water partition coefficient (Wildman–Crippen LogP) is 6.23. The lowest BCUT2D eigenvalue weighted by atomic mass is 10.00. The number of anilines is 2. The predicted molar refractivity (Wildman–Crippen MR) is 159 cm³/mol. The summed E-state index contributed by atoms with van der Waals surface area (Å²) in [5, 5.41) is 28.9. The number of halogens is 2.